The van der Waals surface area contributed by atoms with Crippen LogP contribution in [0.3, 0.4) is 0 Å². The molecule has 0 saturated heterocycles. The van der Waals surface area contributed by atoms with Crippen LogP contribution in [0.15, 0.2) is 11.4 Å². The summed E-state index contributed by atoms with van der Waals surface area (Å²) in [5, 5.41) is 2.85. The maximum atomic E-state index is 12.1. The molecule has 0 aromatic carbocycles. The summed E-state index contributed by atoms with van der Waals surface area (Å²) < 4.78 is 0. The van der Waals surface area contributed by atoms with E-state index in [2.05, 4.69) is 9.97 Å². The van der Waals surface area contributed by atoms with Crippen LogP contribution in [0.2, 0.25) is 0 Å². The van der Waals surface area contributed by atoms with E-state index in [1.165, 1.54) is 0 Å². The minimum absolute atomic E-state index is 0.118. The molecule has 0 saturated carbocycles. The van der Waals surface area contributed by atoms with E-state index in [9.17, 15) is 4.79 Å². The Labute approximate surface area is 128 Å². The van der Waals surface area contributed by atoms with Gasteiger partial charge in [-0.25, -0.2) is 9.97 Å². The summed E-state index contributed by atoms with van der Waals surface area (Å²) in [6.07, 6.45) is 0. The average molecular weight is 307 g/mol. The number of rotatable bonds is 6. The molecule has 2 aromatic rings. The molecule has 2 N–H and O–H groups in total. The summed E-state index contributed by atoms with van der Waals surface area (Å²) in [6.45, 7) is 6.28. The molecule has 2 heterocycles. The van der Waals surface area contributed by atoms with Gasteiger partial charge < -0.3 is 10.6 Å². The maximum Gasteiger partial charge on any atom is 0.236 e. The summed E-state index contributed by atoms with van der Waals surface area (Å²) in [7, 11) is 1.89. The largest absolute Gasteiger partial charge is 0.383 e. The van der Waals surface area contributed by atoms with Gasteiger partial charge in [-0.3, -0.25) is 9.69 Å². The van der Waals surface area contributed by atoms with Crippen LogP contribution in [0.25, 0.3) is 10.2 Å². The molecule has 0 atom stereocenters. The van der Waals surface area contributed by atoms with Gasteiger partial charge in [-0.05, 0) is 32.3 Å². The third kappa shape index (κ3) is 3.68. The molecule has 0 spiro atoms. The predicted molar refractivity (Wildman–Crippen MR) is 86.1 cm³/mol. The van der Waals surface area contributed by atoms with E-state index in [4.69, 9.17) is 5.73 Å². The first-order valence-electron chi connectivity index (χ1n) is 7.01. The monoisotopic (exact) mass is 307 g/mol. The third-order valence-corrected chi connectivity index (χ3v) is 4.14. The number of hydrogen-bond donors (Lipinski definition) is 1. The third-order valence-electron chi connectivity index (χ3n) is 3.33. The summed E-state index contributed by atoms with van der Waals surface area (Å²) in [5.74, 6) is 1.27. The van der Waals surface area contributed by atoms with Crippen molar-refractivity contribution in [3.8, 4) is 0 Å². The van der Waals surface area contributed by atoms with Gasteiger partial charge in [0, 0.05) is 13.1 Å². The molecule has 6 nitrogen and oxygen atoms in total. The van der Waals surface area contributed by atoms with Crippen LogP contribution in [-0.2, 0) is 11.3 Å². The number of aromatic nitrogens is 2. The number of thiophene rings is 1. The van der Waals surface area contributed by atoms with Crippen LogP contribution in [0.5, 0.6) is 0 Å². The quantitative estimate of drug-likeness (QED) is 0.877. The van der Waals surface area contributed by atoms with E-state index in [0.29, 0.717) is 24.7 Å². The smallest absolute Gasteiger partial charge is 0.236 e. The van der Waals surface area contributed by atoms with E-state index in [1.54, 1.807) is 11.3 Å². The van der Waals surface area contributed by atoms with Gasteiger partial charge in [0.2, 0.25) is 5.91 Å². The Balaban J connectivity index is 2.04. The molecule has 0 unspecified atom stereocenters. The van der Waals surface area contributed by atoms with Gasteiger partial charge in [0.15, 0.2) is 0 Å². The Hall–Kier alpha value is -1.73. The number of hydrogen-bond acceptors (Lipinski definition) is 6. The molecule has 114 valence electrons. The zero-order valence-corrected chi connectivity index (χ0v) is 13.5. The first-order chi connectivity index (χ1) is 10.0. The summed E-state index contributed by atoms with van der Waals surface area (Å²) in [6, 6.07) is 1.92. The fourth-order valence-corrected chi connectivity index (χ4v) is 2.99. The number of anilines is 1. The van der Waals surface area contributed by atoms with Crippen molar-refractivity contribution in [2.75, 3.05) is 32.4 Å². The number of nitrogens with zero attached hydrogens (tertiary/aromatic N) is 4. The van der Waals surface area contributed by atoms with Gasteiger partial charge in [0.1, 0.15) is 16.5 Å². The van der Waals surface area contributed by atoms with E-state index in [-0.39, 0.29) is 5.91 Å². The number of nitrogen functional groups attached to an aromatic ring is 1. The lowest BCUT2D eigenvalue weighted by Gasteiger charge is -2.22. The normalized spacial score (nSPS) is 11.2. The van der Waals surface area contributed by atoms with Gasteiger partial charge >= 0.3 is 0 Å². The Morgan fingerprint density at radius 2 is 2.05 bits per heavy atom. The molecular weight excluding hydrogens is 286 g/mol. The molecular formula is C14H21N5OS. The highest BCUT2D eigenvalue weighted by Crippen LogP contribution is 2.23. The van der Waals surface area contributed by atoms with Crippen molar-refractivity contribution in [2.24, 2.45) is 0 Å². The molecule has 2 aromatic heterocycles. The summed E-state index contributed by atoms with van der Waals surface area (Å²) >= 11 is 1.54. The Bertz CT molecular complexity index is 623. The molecule has 2 rings (SSSR count). The van der Waals surface area contributed by atoms with Crippen molar-refractivity contribution in [2.45, 2.75) is 20.4 Å². The van der Waals surface area contributed by atoms with Gasteiger partial charge in [-0.15, -0.1) is 11.3 Å². The number of fused-ring (bicyclic) bond motifs is 1. The van der Waals surface area contributed by atoms with Crippen molar-refractivity contribution in [3.05, 3.63) is 17.3 Å². The Morgan fingerprint density at radius 3 is 2.71 bits per heavy atom. The van der Waals surface area contributed by atoms with E-state index in [0.717, 1.165) is 23.3 Å². The van der Waals surface area contributed by atoms with Gasteiger partial charge in [-0.1, -0.05) is 0 Å². The van der Waals surface area contributed by atoms with Gasteiger partial charge in [0.05, 0.1) is 18.5 Å². The van der Waals surface area contributed by atoms with Crippen LogP contribution < -0.4 is 5.73 Å². The number of likely N-dealkylation sites (N-methyl/N-ethyl adjacent to an activating group) is 2. The predicted octanol–water partition coefficient (Wildman–Crippen LogP) is 1.57. The minimum atomic E-state index is 0.118. The zero-order valence-electron chi connectivity index (χ0n) is 12.7. The molecule has 21 heavy (non-hydrogen) atoms. The van der Waals surface area contributed by atoms with E-state index in [1.807, 2.05) is 42.1 Å². The SMILES string of the molecule is CCN(CC)C(=O)CN(C)Cc1nc(N)c2ccsc2n1. The van der Waals surface area contributed by atoms with Crippen LogP contribution in [-0.4, -0.2) is 52.4 Å². The lowest BCUT2D eigenvalue weighted by molar-refractivity contribution is -0.131. The fourth-order valence-electron chi connectivity index (χ4n) is 2.20. The number of carbonyl (C=O) groups is 1. The topological polar surface area (TPSA) is 75.4 Å². The number of carbonyl (C=O) groups excluding carboxylic acids is 1. The minimum Gasteiger partial charge on any atom is -0.383 e. The Kier molecular flexibility index (Phi) is 5.08. The average Bonchev–Trinajstić information content (AvgIpc) is 2.88. The van der Waals surface area contributed by atoms with Crippen LogP contribution in [0.4, 0.5) is 5.82 Å². The standard InChI is InChI=1S/C14H21N5OS/c1-4-19(5-2)12(20)9-18(3)8-11-16-13(15)10-6-7-21-14(10)17-11/h6-7H,4-5,8-9H2,1-3H3,(H2,15,16,17). The summed E-state index contributed by atoms with van der Waals surface area (Å²) in [4.78, 5) is 25.5. The highest BCUT2D eigenvalue weighted by atomic mass is 32.1. The van der Waals surface area contributed by atoms with Crippen molar-refractivity contribution in [3.63, 3.8) is 0 Å². The lowest BCUT2D eigenvalue weighted by Crippen LogP contribution is -2.38. The second-order valence-corrected chi connectivity index (χ2v) is 5.80. The summed E-state index contributed by atoms with van der Waals surface area (Å²) in [5.41, 5.74) is 5.93. The van der Waals surface area contributed by atoms with Gasteiger partial charge in [-0.2, -0.15) is 0 Å². The van der Waals surface area contributed by atoms with Crippen molar-refractivity contribution in [1.29, 1.82) is 0 Å². The van der Waals surface area contributed by atoms with Crippen LogP contribution >= 0.6 is 11.3 Å². The molecule has 7 heteroatoms. The van der Waals surface area contributed by atoms with Crippen molar-refractivity contribution >= 4 is 33.3 Å². The second kappa shape index (κ2) is 6.82. The molecule has 0 bridgehead atoms. The number of amides is 1. The van der Waals surface area contributed by atoms with Gasteiger partial charge in [0.25, 0.3) is 0 Å². The zero-order chi connectivity index (χ0) is 15.4. The highest BCUT2D eigenvalue weighted by Gasteiger charge is 2.14. The van der Waals surface area contributed by atoms with E-state index < -0.39 is 0 Å². The van der Waals surface area contributed by atoms with E-state index >= 15 is 0 Å². The molecule has 0 aliphatic carbocycles. The van der Waals surface area contributed by atoms with Crippen LogP contribution in [0.1, 0.15) is 19.7 Å². The van der Waals surface area contributed by atoms with Crippen molar-refractivity contribution < 1.29 is 4.79 Å². The van der Waals surface area contributed by atoms with Crippen molar-refractivity contribution in [1.82, 2.24) is 19.8 Å². The number of nitrogens with two attached hydrogens (primary N) is 1. The highest BCUT2D eigenvalue weighted by molar-refractivity contribution is 7.16. The second-order valence-electron chi connectivity index (χ2n) is 4.90. The fraction of sp³-hybridized carbons (Fsp3) is 0.500. The van der Waals surface area contributed by atoms with Crippen LogP contribution in [0, 0.1) is 0 Å². The molecule has 0 radical (unpaired) electrons. The molecule has 0 aliphatic rings. The molecule has 0 fully saturated rings. The molecule has 1 amide bonds. The molecule has 0 aliphatic heterocycles. The lowest BCUT2D eigenvalue weighted by atomic mass is 10.3. The Morgan fingerprint density at radius 1 is 1.33 bits per heavy atom. The maximum absolute atomic E-state index is 12.1. The first-order valence-corrected chi connectivity index (χ1v) is 7.89. The first kappa shape index (κ1) is 15.7.